The van der Waals surface area contributed by atoms with Gasteiger partial charge in [0.15, 0.2) is 0 Å². The van der Waals surface area contributed by atoms with E-state index in [0.29, 0.717) is 0 Å². The Kier molecular flexibility index (Phi) is 3.19. The maximum atomic E-state index is 5.54. The predicted octanol–water partition coefficient (Wildman–Crippen LogP) is 0.733. The third-order valence-electron chi connectivity index (χ3n) is 2.29. The first-order valence-corrected chi connectivity index (χ1v) is 4.96. The molecular formula is C11H13N5. The van der Waals surface area contributed by atoms with E-state index < -0.39 is 0 Å². The van der Waals surface area contributed by atoms with Gasteiger partial charge in [0.25, 0.3) is 0 Å². The Bertz CT molecular complexity index is 457. The first-order chi connectivity index (χ1) is 7.81. The summed E-state index contributed by atoms with van der Waals surface area (Å²) in [6, 6.07) is 5.63. The molecule has 1 unspecified atom stereocenters. The minimum Gasteiger partial charge on any atom is -0.271 e. The topological polar surface area (TPSA) is 76.7 Å². The van der Waals surface area contributed by atoms with Gasteiger partial charge in [0.1, 0.15) is 6.33 Å². The van der Waals surface area contributed by atoms with Crippen LogP contribution in [0.5, 0.6) is 0 Å². The first-order valence-electron chi connectivity index (χ1n) is 4.96. The summed E-state index contributed by atoms with van der Waals surface area (Å²) >= 11 is 0. The Morgan fingerprint density at radius 2 is 2.00 bits per heavy atom. The molecular weight excluding hydrogens is 202 g/mol. The lowest BCUT2D eigenvalue weighted by atomic mass is 10.1. The molecule has 0 radical (unpaired) electrons. The monoisotopic (exact) mass is 215 g/mol. The fraction of sp³-hybridized carbons (Fsp3) is 0.182. The van der Waals surface area contributed by atoms with Crippen molar-refractivity contribution in [2.75, 3.05) is 0 Å². The number of pyridine rings is 1. The summed E-state index contributed by atoms with van der Waals surface area (Å²) in [5, 5.41) is 0. The van der Waals surface area contributed by atoms with E-state index in [1.165, 1.54) is 6.33 Å². The molecule has 2 rings (SSSR count). The van der Waals surface area contributed by atoms with Crippen molar-refractivity contribution in [1.82, 2.24) is 20.4 Å². The van der Waals surface area contributed by atoms with Crippen LogP contribution >= 0.6 is 0 Å². The number of nitrogens with one attached hydrogen (secondary N) is 1. The number of aryl methyl sites for hydroxylation is 1. The van der Waals surface area contributed by atoms with Crippen molar-refractivity contribution in [3.05, 3.63) is 53.9 Å². The third kappa shape index (κ3) is 2.21. The van der Waals surface area contributed by atoms with Gasteiger partial charge in [0, 0.05) is 23.7 Å². The quantitative estimate of drug-likeness (QED) is 0.583. The molecule has 0 spiro atoms. The molecule has 0 fully saturated rings. The fourth-order valence-electron chi connectivity index (χ4n) is 1.54. The van der Waals surface area contributed by atoms with Crippen molar-refractivity contribution in [2.45, 2.75) is 13.0 Å². The predicted molar refractivity (Wildman–Crippen MR) is 60.2 cm³/mol. The molecule has 0 aromatic carbocycles. The summed E-state index contributed by atoms with van der Waals surface area (Å²) in [6.45, 7) is 1.94. The molecule has 1 atom stereocenters. The summed E-state index contributed by atoms with van der Waals surface area (Å²) in [5.74, 6) is 5.54. The van der Waals surface area contributed by atoms with E-state index in [1.807, 2.05) is 25.1 Å². The van der Waals surface area contributed by atoms with Crippen LogP contribution in [0, 0.1) is 6.92 Å². The third-order valence-corrected chi connectivity index (χ3v) is 2.29. The summed E-state index contributed by atoms with van der Waals surface area (Å²) in [4.78, 5) is 12.4. The van der Waals surface area contributed by atoms with Crippen molar-refractivity contribution in [2.24, 2.45) is 5.84 Å². The lowest BCUT2D eigenvalue weighted by Gasteiger charge is -2.15. The molecule has 2 heterocycles. The molecule has 0 saturated heterocycles. The van der Waals surface area contributed by atoms with Gasteiger partial charge in [0.05, 0.1) is 11.7 Å². The summed E-state index contributed by atoms with van der Waals surface area (Å²) in [6.07, 6.45) is 4.93. The minimum absolute atomic E-state index is 0.180. The first kappa shape index (κ1) is 10.7. The SMILES string of the molecule is Cc1cccc(C(NN)c2cncnc2)n1. The highest BCUT2D eigenvalue weighted by atomic mass is 15.2. The lowest BCUT2D eigenvalue weighted by Crippen LogP contribution is -2.29. The maximum absolute atomic E-state index is 5.54. The molecule has 0 amide bonds. The van der Waals surface area contributed by atoms with Gasteiger partial charge in [-0.15, -0.1) is 0 Å². The second-order valence-corrected chi connectivity index (χ2v) is 3.48. The van der Waals surface area contributed by atoms with Crippen molar-refractivity contribution in [1.29, 1.82) is 0 Å². The zero-order valence-corrected chi connectivity index (χ0v) is 8.96. The van der Waals surface area contributed by atoms with Crippen LogP contribution in [0.25, 0.3) is 0 Å². The van der Waals surface area contributed by atoms with E-state index in [2.05, 4.69) is 20.4 Å². The van der Waals surface area contributed by atoms with Gasteiger partial charge in [-0.25, -0.2) is 15.4 Å². The normalized spacial score (nSPS) is 12.4. The average Bonchev–Trinajstić information content (AvgIpc) is 2.31. The highest BCUT2D eigenvalue weighted by Gasteiger charge is 2.13. The second kappa shape index (κ2) is 4.78. The molecule has 2 aromatic heterocycles. The van der Waals surface area contributed by atoms with E-state index in [9.17, 15) is 0 Å². The molecule has 0 bridgehead atoms. The van der Waals surface area contributed by atoms with Crippen molar-refractivity contribution in [3.8, 4) is 0 Å². The van der Waals surface area contributed by atoms with Crippen LogP contribution in [0.1, 0.15) is 23.0 Å². The van der Waals surface area contributed by atoms with E-state index in [1.54, 1.807) is 12.4 Å². The molecule has 2 aromatic rings. The van der Waals surface area contributed by atoms with E-state index in [-0.39, 0.29) is 6.04 Å². The summed E-state index contributed by atoms with van der Waals surface area (Å²) < 4.78 is 0. The van der Waals surface area contributed by atoms with Gasteiger partial charge in [-0.3, -0.25) is 10.8 Å². The molecule has 0 aliphatic carbocycles. The Morgan fingerprint density at radius 1 is 1.25 bits per heavy atom. The van der Waals surface area contributed by atoms with Crippen LogP contribution in [0.3, 0.4) is 0 Å². The smallest absolute Gasteiger partial charge is 0.115 e. The van der Waals surface area contributed by atoms with Crippen LogP contribution in [0.2, 0.25) is 0 Å². The second-order valence-electron chi connectivity index (χ2n) is 3.48. The number of aromatic nitrogens is 3. The van der Waals surface area contributed by atoms with Crippen LogP contribution < -0.4 is 11.3 Å². The average molecular weight is 215 g/mol. The van der Waals surface area contributed by atoms with Crippen molar-refractivity contribution < 1.29 is 0 Å². The van der Waals surface area contributed by atoms with Gasteiger partial charge < -0.3 is 0 Å². The number of rotatable bonds is 3. The zero-order chi connectivity index (χ0) is 11.4. The highest BCUT2D eigenvalue weighted by molar-refractivity contribution is 5.24. The molecule has 0 saturated carbocycles. The van der Waals surface area contributed by atoms with Gasteiger partial charge in [-0.2, -0.15) is 0 Å². The highest BCUT2D eigenvalue weighted by Crippen LogP contribution is 2.17. The van der Waals surface area contributed by atoms with Crippen LogP contribution in [-0.4, -0.2) is 15.0 Å². The largest absolute Gasteiger partial charge is 0.271 e. The molecule has 82 valence electrons. The molecule has 5 nitrogen and oxygen atoms in total. The fourth-order valence-corrected chi connectivity index (χ4v) is 1.54. The van der Waals surface area contributed by atoms with E-state index >= 15 is 0 Å². The molecule has 3 N–H and O–H groups in total. The van der Waals surface area contributed by atoms with Crippen LogP contribution in [0.15, 0.2) is 36.9 Å². The zero-order valence-electron chi connectivity index (χ0n) is 8.96. The Balaban J connectivity index is 2.37. The minimum atomic E-state index is -0.180. The summed E-state index contributed by atoms with van der Waals surface area (Å²) in [5.41, 5.74) is 5.42. The van der Waals surface area contributed by atoms with E-state index in [4.69, 9.17) is 5.84 Å². The van der Waals surface area contributed by atoms with Gasteiger partial charge in [-0.1, -0.05) is 6.07 Å². The number of nitrogens with two attached hydrogens (primary N) is 1. The molecule has 5 heteroatoms. The Labute approximate surface area is 93.7 Å². The number of hydrazine groups is 1. The summed E-state index contributed by atoms with van der Waals surface area (Å²) in [7, 11) is 0. The lowest BCUT2D eigenvalue weighted by molar-refractivity contribution is 0.614. The molecule has 0 aliphatic heterocycles. The number of hydrogen-bond acceptors (Lipinski definition) is 5. The van der Waals surface area contributed by atoms with E-state index in [0.717, 1.165) is 17.0 Å². The Morgan fingerprint density at radius 3 is 2.62 bits per heavy atom. The van der Waals surface area contributed by atoms with Gasteiger partial charge in [0.2, 0.25) is 0 Å². The molecule has 0 aliphatic rings. The van der Waals surface area contributed by atoms with Gasteiger partial charge in [-0.05, 0) is 19.1 Å². The maximum Gasteiger partial charge on any atom is 0.115 e. The number of hydrogen-bond donors (Lipinski definition) is 2. The molecule has 16 heavy (non-hydrogen) atoms. The van der Waals surface area contributed by atoms with Crippen LogP contribution in [0.4, 0.5) is 0 Å². The van der Waals surface area contributed by atoms with Gasteiger partial charge >= 0.3 is 0 Å². The number of nitrogens with zero attached hydrogens (tertiary/aromatic N) is 3. The van der Waals surface area contributed by atoms with Crippen molar-refractivity contribution >= 4 is 0 Å². The Hall–Kier alpha value is -1.85. The van der Waals surface area contributed by atoms with Crippen molar-refractivity contribution in [3.63, 3.8) is 0 Å². The standard InChI is InChI=1S/C11H13N5/c1-8-3-2-4-10(15-8)11(16-12)9-5-13-7-14-6-9/h2-7,11,16H,12H2,1H3. The van der Waals surface area contributed by atoms with Crippen LogP contribution in [-0.2, 0) is 0 Å².